The quantitative estimate of drug-likeness (QED) is 0.614. The van der Waals surface area contributed by atoms with Gasteiger partial charge in [-0.05, 0) is 30.7 Å². The van der Waals surface area contributed by atoms with E-state index in [9.17, 15) is 13.2 Å². The van der Waals surface area contributed by atoms with Crippen LogP contribution >= 0.6 is 11.6 Å². The van der Waals surface area contributed by atoms with Gasteiger partial charge in [-0.1, -0.05) is 11.6 Å². The molecule has 1 aliphatic heterocycles. The predicted octanol–water partition coefficient (Wildman–Crippen LogP) is 2.70. The van der Waals surface area contributed by atoms with Crippen molar-refractivity contribution in [3.8, 4) is 17.2 Å². The number of nitrogens with zero attached hydrogens (tertiary/aromatic N) is 1. The van der Waals surface area contributed by atoms with Crippen LogP contribution in [0.3, 0.4) is 0 Å². The zero-order valence-corrected chi connectivity index (χ0v) is 19.6. The highest BCUT2D eigenvalue weighted by Crippen LogP contribution is 2.35. The average Bonchev–Trinajstić information content (AvgIpc) is 2.79. The van der Waals surface area contributed by atoms with Crippen LogP contribution in [0.4, 0.5) is 5.69 Å². The van der Waals surface area contributed by atoms with Crippen molar-refractivity contribution < 1.29 is 32.2 Å². The van der Waals surface area contributed by atoms with Crippen LogP contribution < -0.4 is 19.5 Å². The fourth-order valence-electron chi connectivity index (χ4n) is 3.17. The third-order valence-corrected chi connectivity index (χ3v) is 7.05. The lowest BCUT2D eigenvalue weighted by Gasteiger charge is -2.26. The Bertz CT molecular complexity index is 1090. The molecular weight excluding hydrogens is 460 g/mol. The summed E-state index contributed by atoms with van der Waals surface area (Å²) >= 11 is 6.08. The van der Waals surface area contributed by atoms with Crippen LogP contribution in [-0.2, 0) is 19.6 Å². The number of ether oxygens (including phenoxy) is 4. The van der Waals surface area contributed by atoms with Crippen LogP contribution in [0.1, 0.15) is 5.56 Å². The number of rotatable bonds is 8. The fourth-order valence-corrected chi connectivity index (χ4v) is 4.89. The second-order valence-electron chi connectivity index (χ2n) is 6.97. The molecule has 2 aromatic rings. The third-order valence-electron chi connectivity index (χ3n) is 4.86. The summed E-state index contributed by atoms with van der Waals surface area (Å²) in [5.74, 6) is 0.730. The molecule has 9 nitrogen and oxygen atoms in total. The Kier molecular flexibility index (Phi) is 7.83. The number of amides is 1. The van der Waals surface area contributed by atoms with E-state index in [1.807, 2.05) is 0 Å². The maximum Gasteiger partial charge on any atom is 0.262 e. The predicted molar refractivity (Wildman–Crippen MR) is 119 cm³/mol. The lowest BCUT2D eigenvalue weighted by molar-refractivity contribution is -0.118. The Morgan fingerprint density at radius 2 is 1.78 bits per heavy atom. The number of carbonyl (C=O) groups excluding carboxylic acids is 1. The first kappa shape index (κ1) is 24.1. The number of benzene rings is 2. The standard InChI is InChI=1S/C21H25ClN2O7S/c1-14-10-15(32(26,27)24-6-8-30-9-7-24)4-5-18(14)31-13-21(25)23-17-12-19(28-2)16(22)11-20(17)29-3/h4-5,10-12H,6-9,13H2,1-3H3,(H,23,25). The average molecular weight is 485 g/mol. The van der Waals surface area contributed by atoms with Crippen LogP contribution in [0, 0.1) is 6.92 Å². The molecule has 0 aromatic heterocycles. The van der Waals surface area contributed by atoms with Gasteiger partial charge in [0.15, 0.2) is 6.61 Å². The number of carbonyl (C=O) groups is 1. The molecule has 0 atom stereocenters. The lowest BCUT2D eigenvalue weighted by Crippen LogP contribution is -2.40. The summed E-state index contributed by atoms with van der Waals surface area (Å²) in [4.78, 5) is 12.6. The van der Waals surface area contributed by atoms with E-state index >= 15 is 0 Å². The fraction of sp³-hybridized carbons (Fsp3) is 0.381. The van der Waals surface area contributed by atoms with Crippen molar-refractivity contribution in [1.29, 1.82) is 0 Å². The molecule has 11 heteroatoms. The normalized spacial score (nSPS) is 14.6. The van der Waals surface area contributed by atoms with E-state index in [0.29, 0.717) is 59.8 Å². The van der Waals surface area contributed by atoms with Crippen molar-refractivity contribution in [3.05, 3.63) is 40.9 Å². The molecule has 0 radical (unpaired) electrons. The van der Waals surface area contributed by atoms with E-state index in [4.69, 9.17) is 30.5 Å². The van der Waals surface area contributed by atoms with Gasteiger partial charge in [0.05, 0.1) is 43.0 Å². The Labute approximate surface area is 192 Å². The summed E-state index contributed by atoms with van der Waals surface area (Å²) in [5.41, 5.74) is 0.976. The van der Waals surface area contributed by atoms with Crippen molar-refractivity contribution in [1.82, 2.24) is 4.31 Å². The van der Waals surface area contributed by atoms with Gasteiger partial charge in [-0.25, -0.2) is 8.42 Å². The van der Waals surface area contributed by atoms with E-state index in [0.717, 1.165) is 0 Å². The SMILES string of the molecule is COc1cc(NC(=O)COc2ccc(S(=O)(=O)N3CCOCC3)cc2C)c(OC)cc1Cl. The highest BCUT2D eigenvalue weighted by atomic mass is 35.5. The highest BCUT2D eigenvalue weighted by Gasteiger charge is 2.26. The maximum atomic E-state index is 12.8. The van der Waals surface area contributed by atoms with Crippen molar-refractivity contribution >= 4 is 33.2 Å². The van der Waals surface area contributed by atoms with Gasteiger partial charge in [-0.2, -0.15) is 4.31 Å². The number of hydrogen-bond donors (Lipinski definition) is 1. The number of sulfonamides is 1. The van der Waals surface area contributed by atoms with Gasteiger partial charge in [-0.15, -0.1) is 0 Å². The van der Waals surface area contributed by atoms with Crippen LogP contribution in [0.5, 0.6) is 17.2 Å². The van der Waals surface area contributed by atoms with Gasteiger partial charge in [0.1, 0.15) is 17.2 Å². The van der Waals surface area contributed by atoms with E-state index in [2.05, 4.69) is 5.32 Å². The van der Waals surface area contributed by atoms with Gasteiger partial charge in [-0.3, -0.25) is 4.79 Å². The molecule has 2 aromatic carbocycles. The number of aryl methyl sites for hydroxylation is 1. The summed E-state index contributed by atoms with van der Waals surface area (Å²) in [6, 6.07) is 7.63. The number of methoxy groups -OCH3 is 2. The molecule has 1 amide bonds. The molecule has 0 saturated carbocycles. The van der Waals surface area contributed by atoms with Gasteiger partial charge in [0.2, 0.25) is 10.0 Å². The van der Waals surface area contributed by atoms with E-state index in [1.54, 1.807) is 19.1 Å². The molecule has 1 aliphatic rings. The van der Waals surface area contributed by atoms with Crippen LogP contribution in [0.25, 0.3) is 0 Å². The summed E-state index contributed by atoms with van der Waals surface area (Å²) in [6.45, 7) is 2.82. The molecule has 174 valence electrons. The lowest BCUT2D eigenvalue weighted by atomic mass is 10.2. The number of morpholine rings is 1. The number of halogens is 1. The van der Waals surface area contributed by atoms with Gasteiger partial charge in [0.25, 0.3) is 5.91 Å². The summed E-state index contributed by atoms with van der Waals surface area (Å²) < 4.78 is 48.2. The molecule has 32 heavy (non-hydrogen) atoms. The Balaban J connectivity index is 1.67. The molecule has 1 saturated heterocycles. The first-order valence-corrected chi connectivity index (χ1v) is 11.6. The topological polar surface area (TPSA) is 103 Å². The third kappa shape index (κ3) is 5.44. The molecule has 3 rings (SSSR count). The van der Waals surface area contributed by atoms with Gasteiger partial charge < -0.3 is 24.3 Å². The molecule has 0 bridgehead atoms. The molecule has 0 spiro atoms. The first-order chi connectivity index (χ1) is 15.3. The van der Waals surface area contributed by atoms with Crippen molar-refractivity contribution in [2.75, 3.05) is 52.4 Å². The van der Waals surface area contributed by atoms with Gasteiger partial charge in [0, 0.05) is 25.2 Å². The molecule has 0 unspecified atom stereocenters. The summed E-state index contributed by atoms with van der Waals surface area (Å²) in [7, 11) is -0.684. The van der Waals surface area contributed by atoms with E-state index < -0.39 is 15.9 Å². The van der Waals surface area contributed by atoms with Crippen molar-refractivity contribution in [2.24, 2.45) is 0 Å². The van der Waals surface area contributed by atoms with Crippen LogP contribution in [-0.4, -0.2) is 65.8 Å². The number of anilines is 1. The minimum absolute atomic E-state index is 0.173. The maximum absolute atomic E-state index is 12.8. The molecule has 0 aliphatic carbocycles. The van der Waals surface area contributed by atoms with E-state index in [1.165, 1.54) is 36.7 Å². The smallest absolute Gasteiger partial charge is 0.262 e. The van der Waals surface area contributed by atoms with Crippen LogP contribution in [0.2, 0.25) is 5.02 Å². The van der Waals surface area contributed by atoms with Crippen molar-refractivity contribution in [3.63, 3.8) is 0 Å². The number of hydrogen-bond acceptors (Lipinski definition) is 7. The molecule has 1 fully saturated rings. The van der Waals surface area contributed by atoms with Crippen molar-refractivity contribution in [2.45, 2.75) is 11.8 Å². The zero-order valence-electron chi connectivity index (χ0n) is 18.0. The second-order valence-corrected chi connectivity index (χ2v) is 9.31. The second kappa shape index (κ2) is 10.4. The monoisotopic (exact) mass is 484 g/mol. The molecule has 1 N–H and O–H groups in total. The summed E-state index contributed by atoms with van der Waals surface area (Å²) in [5, 5.41) is 3.04. The van der Waals surface area contributed by atoms with E-state index in [-0.39, 0.29) is 11.5 Å². The minimum atomic E-state index is -3.61. The first-order valence-electron chi connectivity index (χ1n) is 9.79. The van der Waals surface area contributed by atoms with Crippen LogP contribution in [0.15, 0.2) is 35.2 Å². The Morgan fingerprint density at radius 3 is 2.41 bits per heavy atom. The molecule has 1 heterocycles. The Morgan fingerprint density at radius 1 is 1.09 bits per heavy atom. The zero-order chi connectivity index (χ0) is 23.3. The largest absolute Gasteiger partial charge is 0.495 e. The highest BCUT2D eigenvalue weighted by molar-refractivity contribution is 7.89. The molecular formula is C21H25ClN2O7S. The number of nitrogens with one attached hydrogen (secondary N) is 1. The summed E-state index contributed by atoms with van der Waals surface area (Å²) in [6.07, 6.45) is 0. The minimum Gasteiger partial charge on any atom is -0.495 e. The Hall–Kier alpha value is -2.53. The van der Waals surface area contributed by atoms with Gasteiger partial charge >= 0.3 is 0 Å².